The molecular formula is C26H29BrF2N3O9P. The molecule has 1 aliphatic heterocycles. The number of benzene rings is 2. The van der Waals surface area contributed by atoms with E-state index >= 15 is 8.78 Å². The lowest BCUT2D eigenvalue weighted by Crippen LogP contribution is -2.48. The first-order valence-electron chi connectivity index (χ1n) is 12.7. The van der Waals surface area contributed by atoms with Crippen LogP contribution >= 0.6 is 23.7 Å². The molecule has 0 radical (unpaired) electrons. The standard InChI is InChI=1S/C26H29BrF2N3O9P/c1-14(2)39-21(34)15(3)31-42(37,41-19-11-7-9-16-8-5-6-10-17(16)19)38-13-26(29)22(35)25(4,28)23(40-26)32-12-18(27)20(33)30-24(32)36/h5-12,14-15,22-23,35H,13H2,1-4H3,(H,31,37)(H,30,33,36)/t15?,22-,23+,25+,26+,42?/m0/s1. The predicted octanol–water partition coefficient (Wildman–Crippen LogP) is 3.87. The molecule has 16 heteroatoms. The molecule has 4 rings (SSSR count). The number of hydrogen-bond donors (Lipinski definition) is 3. The number of nitrogens with one attached hydrogen (secondary N) is 2. The van der Waals surface area contributed by atoms with E-state index in [4.69, 9.17) is 18.5 Å². The van der Waals surface area contributed by atoms with Gasteiger partial charge in [-0.05, 0) is 55.1 Å². The van der Waals surface area contributed by atoms with Crippen LogP contribution in [0.3, 0.4) is 0 Å². The zero-order valence-electron chi connectivity index (χ0n) is 22.9. The number of nitrogens with zero attached hydrogens (tertiary/aromatic N) is 1. The molecule has 1 aromatic heterocycles. The van der Waals surface area contributed by atoms with Gasteiger partial charge in [0.25, 0.3) is 11.4 Å². The van der Waals surface area contributed by atoms with Crippen molar-refractivity contribution in [2.45, 2.75) is 63.7 Å². The third-order valence-electron chi connectivity index (χ3n) is 6.37. The van der Waals surface area contributed by atoms with Gasteiger partial charge >= 0.3 is 19.4 Å². The normalized spacial score (nSPS) is 26.2. The summed E-state index contributed by atoms with van der Waals surface area (Å²) < 4.78 is 67.6. The Morgan fingerprint density at radius 3 is 2.57 bits per heavy atom. The van der Waals surface area contributed by atoms with Gasteiger partial charge in [-0.2, -0.15) is 5.09 Å². The second-order valence-corrected chi connectivity index (χ2v) is 12.7. The summed E-state index contributed by atoms with van der Waals surface area (Å²) in [4.78, 5) is 38.5. The van der Waals surface area contributed by atoms with Crippen molar-refractivity contribution in [2.24, 2.45) is 0 Å². The summed E-state index contributed by atoms with van der Waals surface area (Å²) in [7, 11) is -4.71. The molecule has 1 aliphatic rings. The number of halogens is 3. The van der Waals surface area contributed by atoms with Gasteiger partial charge in [-0.15, -0.1) is 0 Å². The zero-order chi connectivity index (χ0) is 31.0. The maximum Gasteiger partial charge on any atom is 0.459 e. The summed E-state index contributed by atoms with van der Waals surface area (Å²) in [6, 6.07) is 10.5. The number of H-pyrrole nitrogens is 1. The summed E-state index contributed by atoms with van der Waals surface area (Å²) in [5, 5.41) is 14.2. The van der Waals surface area contributed by atoms with E-state index < -0.39 is 67.6 Å². The van der Waals surface area contributed by atoms with E-state index in [2.05, 4.69) is 21.0 Å². The Morgan fingerprint density at radius 1 is 1.21 bits per heavy atom. The number of aromatic amines is 1. The van der Waals surface area contributed by atoms with Gasteiger partial charge in [0.05, 0.1) is 10.6 Å². The topological polar surface area (TPSA) is 158 Å². The maximum absolute atomic E-state index is 16.1. The fraction of sp³-hybridized carbons (Fsp3) is 0.423. The number of aromatic nitrogens is 2. The lowest BCUT2D eigenvalue weighted by molar-refractivity contribution is -0.204. The maximum atomic E-state index is 16.1. The summed E-state index contributed by atoms with van der Waals surface area (Å²) in [5.74, 6) is -4.15. The van der Waals surface area contributed by atoms with E-state index in [-0.39, 0.29) is 10.2 Å². The van der Waals surface area contributed by atoms with Crippen molar-refractivity contribution in [2.75, 3.05) is 6.61 Å². The first kappa shape index (κ1) is 32.0. The number of alkyl halides is 2. The third-order valence-corrected chi connectivity index (χ3v) is 8.54. The highest BCUT2D eigenvalue weighted by Crippen LogP contribution is 2.52. The van der Waals surface area contributed by atoms with Crippen molar-refractivity contribution in [1.82, 2.24) is 14.6 Å². The number of aliphatic hydroxyl groups is 1. The van der Waals surface area contributed by atoms with Crippen molar-refractivity contribution < 1.29 is 41.8 Å². The number of ether oxygens (including phenoxy) is 2. The average Bonchev–Trinajstić information content (AvgIpc) is 3.09. The van der Waals surface area contributed by atoms with Crippen molar-refractivity contribution in [1.29, 1.82) is 0 Å². The lowest BCUT2D eigenvalue weighted by Gasteiger charge is -2.28. The smallest absolute Gasteiger partial charge is 0.459 e. The molecule has 1 saturated heterocycles. The number of hydrogen-bond acceptors (Lipinski definition) is 9. The minimum atomic E-state index is -4.71. The molecule has 6 atom stereocenters. The molecule has 2 aromatic carbocycles. The first-order valence-corrected chi connectivity index (χ1v) is 15.0. The molecular weight excluding hydrogens is 647 g/mol. The molecule has 3 N–H and O–H groups in total. The number of carbonyl (C=O) groups excluding carboxylic acids is 1. The highest BCUT2D eigenvalue weighted by atomic mass is 79.9. The molecule has 42 heavy (non-hydrogen) atoms. The van der Waals surface area contributed by atoms with E-state index in [9.17, 15) is 24.1 Å². The van der Waals surface area contributed by atoms with Crippen molar-refractivity contribution in [3.63, 3.8) is 0 Å². The number of esters is 1. The van der Waals surface area contributed by atoms with Crippen LogP contribution in [0.1, 0.15) is 33.9 Å². The largest absolute Gasteiger partial charge is 0.462 e. The van der Waals surface area contributed by atoms with E-state index in [0.717, 1.165) is 13.1 Å². The molecule has 2 heterocycles. The molecule has 2 unspecified atom stereocenters. The first-order chi connectivity index (χ1) is 19.6. The van der Waals surface area contributed by atoms with Gasteiger partial charge in [-0.1, -0.05) is 36.4 Å². The molecule has 0 saturated carbocycles. The quantitative estimate of drug-likeness (QED) is 0.213. The van der Waals surface area contributed by atoms with Crippen LogP contribution < -0.4 is 20.9 Å². The van der Waals surface area contributed by atoms with E-state index in [1.807, 2.05) is 4.98 Å². The minimum absolute atomic E-state index is 0.0482. The summed E-state index contributed by atoms with van der Waals surface area (Å²) in [6.45, 7) is 3.94. The van der Waals surface area contributed by atoms with E-state index in [0.29, 0.717) is 15.3 Å². The molecule has 12 nitrogen and oxygen atoms in total. The van der Waals surface area contributed by atoms with Crippen LogP contribution in [-0.2, 0) is 23.4 Å². The van der Waals surface area contributed by atoms with Gasteiger partial charge in [0.2, 0.25) is 0 Å². The Balaban J connectivity index is 1.65. The van der Waals surface area contributed by atoms with Crippen molar-refractivity contribution >= 4 is 40.4 Å². The fourth-order valence-electron chi connectivity index (χ4n) is 4.29. The summed E-state index contributed by atoms with van der Waals surface area (Å²) in [6.07, 6.45) is -4.27. The number of fused-ring (bicyclic) bond motifs is 1. The SMILES string of the molecule is CC(C)OC(=O)C(C)NP(=O)(OC[C@@]1(F)O[C@@H](n2cc(Br)c(=O)[nH]c2=O)[C@](C)(F)[C@@H]1O)Oc1cccc2ccccc12. The summed E-state index contributed by atoms with van der Waals surface area (Å²) >= 11 is 2.90. The van der Waals surface area contributed by atoms with E-state index in [1.54, 1.807) is 50.2 Å². The second kappa shape index (κ2) is 12.0. The number of rotatable bonds is 10. The second-order valence-electron chi connectivity index (χ2n) is 10.1. The van der Waals surface area contributed by atoms with Gasteiger partial charge in [0, 0.05) is 11.6 Å². The van der Waals surface area contributed by atoms with Crippen LogP contribution in [0.15, 0.2) is 62.7 Å². The van der Waals surface area contributed by atoms with E-state index in [1.165, 1.54) is 13.0 Å². The predicted molar refractivity (Wildman–Crippen MR) is 150 cm³/mol. The van der Waals surface area contributed by atoms with Crippen LogP contribution in [0.5, 0.6) is 5.75 Å². The number of carbonyl (C=O) groups is 1. The van der Waals surface area contributed by atoms with Gasteiger partial charge in [-0.3, -0.25) is 23.7 Å². The minimum Gasteiger partial charge on any atom is -0.462 e. The monoisotopic (exact) mass is 675 g/mol. The lowest BCUT2D eigenvalue weighted by atomic mass is 9.97. The van der Waals surface area contributed by atoms with Gasteiger partial charge < -0.3 is 19.1 Å². The van der Waals surface area contributed by atoms with Crippen LogP contribution in [0.2, 0.25) is 0 Å². The van der Waals surface area contributed by atoms with Crippen LogP contribution in [-0.4, -0.2) is 57.0 Å². The van der Waals surface area contributed by atoms with Crippen molar-refractivity contribution in [3.05, 3.63) is 74.0 Å². The molecule has 0 bridgehead atoms. The Kier molecular flexibility index (Phi) is 9.12. The van der Waals surface area contributed by atoms with Gasteiger partial charge in [0.15, 0.2) is 18.0 Å². The Morgan fingerprint density at radius 2 is 1.88 bits per heavy atom. The van der Waals surface area contributed by atoms with Crippen LogP contribution in [0.25, 0.3) is 10.8 Å². The molecule has 0 amide bonds. The molecule has 3 aromatic rings. The zero-order valence-corrected chi connectivity index (χ0v) is 25.4. The summed E-state index contributed by atoms with van der Waals surface area (Å²) in [5.41, 5.74) is -4.91. The highest BCUT2D eigenvalue weighted by molar-refractivity contribution is 9.10. The number of aliphatic hydroxyl groups excluding tert-OH is 1. The Bertz CT molecular complexity index is 1640. The average molecular weight is 676 g/mol. The molecule has 228 valence electrons. The fourth-order valence-corrected chi connectivity index (χ4v) is 6.13. The van der Waals surface area contributed by atoms with Gasteiger partial charge in [-0.25, -0.2) is 18.1 Å². The molecule has 0 aliphatic carbocycles. The van der Waals surface area contributed by atoms with Crippen LogP contribution in [0.4, 0.5) is 8.78 Å². The molecule has 0 spiro atoms. The Hall–Kier alpha value is -2.94. The van der Waals surface area contributed by atoms with Crippen molar-refractivity contribution in [3.8, 4) is 5.75 Å². The molecule has 1 fully saturated rings. The Labute approximate surface area is 246 Å². The highest BCUT2D eigenvalue weighted by Gasteiger charge is 2.65. The van der Waals surface area contributed by atoms with Crippen LogP contribution in [0, 0.1) is 0 Å². The van der Waals surface area contributed by atoms with Gasteiger partial charge in [0.1, 0.15) is 18.4 Å². The third kappa shape index (κ3) is 6.51.